The number of nitrogens with one attached hydrogen (secondary N) is 1. The van der Waals surface area contributed by atoms with Gasteiger partial charge in [0.05, 0.1) is 0 Å². The second-order valence-electron chi connectivity index (χ2n) is 4.08. The molecule has 0 amide bonds. The number of aromatic nitrogens is 1. The van der Waals surface area contributed by atoms with Crippen LogP contribution in [0.25, 0.3) is 0 Å². The number of pyridine rings is 1. The zero-order valence-corrected chi connectivity index (χ0v) is 11.2. The lowest BCUT2D eigenvalue weighted by atomic mass is 10.2. The average molecular weight is 257 g/mol. The first-order chi connectivity index (χ1) is 8.65. The van der Waals surface area contributed by atoms with E-state index >= 15 is 0 Å². The van der Waals surface area contributed by atoms with Crippen LogP contribution < -0.4 is 10.8 Å². The Kier molecular flexibility index (Phi) is 3.89. The van der Waals surface area contributed by atoms with Crippen LogP contribution in [0.3, 0.4) is 0 Å². The summed E-state index contributed by atoms with van der Waals surface area (Å²) in [5.41, 5.74) is 2.99. The molecular formula is C14H15N3S. The molecule has 0 radical (unpaired) electrons. The standard InChI is InChI=1S/C14H15N3S/c1-11-6-8-12(9-7-11)15-14(18)16-13-5-3-4-10-17(13)2/h3-10H,1-2H3,(H,15,18). The molecule has 0 aliphatic carbocycles. The summed E-state index contributed by atoms with van der Waals surface area (Å²) >= 11 is 5.22. The van der Waals surface area contributed by atoms with E-state index < -0.39 is 0 Å². The Balaban J connectivity index is 2.17. The Morgan fingerprint density at radius 1 is 1.17 bits per heavy atom. The van der Waals surface area contributed by atoms with E-state index in [-0.39, 0.29) is 0 Å². The largest absolute Gasteiger partial charge is 0.336 e. The smallest absolute Gasteiger partial charge is 0.199 e. The van der Waals surface area contributed by atoms with Gasteiger partial charge in [0.25, 0.3) is 0 Å². The highest BCUT2D eigenvalue weighted by Crippen LogP contribution is 2.08. The first-order valence-corrected chi connectivity index (χ1v) is 6.10. The van der Waals surface area contributed by atoms with Crippen LogP contribution in [-0.4, -0.2) is 9.68 Å². The molecule has 3 nitrogen and oxygen atoms in total. The molecule has 18 heavy (non-hydrogen) atoms. The van der Waals surface area contributed by atoms with Gasteiger partial charge < -0.3 is 9.88 Å². The monoisotopic (exact) mass is 257 g/mol. The quantitative estimate of drug-likeness (QED) is 0.796. The van der Waals surface area contributed by atoms with Crippen LogP contribution >= 0.6 is 12.2 Å². The fraction of sp³-hybridized carbons (Fsp3) is 0.143. The highest BCUT2D eigenvalue weighted by molar-refractivity contribution is 7.80. The van der Waals surface area contributed by atoms with Crippen LogP contribution in [0.5, 0.6) is 0 Å². The second-order valence-corrected chi connectivity index (χ2v) is 4.46. The van der Waals surface area contributed by atoms with Crippen molar-refractivity contribution >= 4 is 23.0 Å². The third kappa shape index (κ3) is 3.28. The van der Waals surface area contributed by atoms with Crippen LogP contribution in [0.1, 0.15) is 5.56 Å². The zero-order chi connectivity index (χ0) is 13.0. The van der Waals surface area contributed by atoms with Gasteiger partial charge in [0, 0.05) is 18.9 Å². The van der Waals surface area contributed by atoms with Crippen LogP contribution in [0.2, 0.25) is 0 Å². The molecule has 4 heteroatoms. The topological polar surface area (TPSA) is 29.3 Å². The number of hydrogen-bond donors (Lipinski definition) is 1. The van der Waals surface area contributed by atoms with E-state index in [4.69, 9.17) is 12.2 Å². The zero-order valence-electron chi connectivity index (χ0n) is 10.4. The highest BCUT2D eigenvalue weighted by Gasteiger charge is 1.95. The molecular weight excluding hydrogens is 242 g/mol. The molecule has 1 N–H and O–H groups in total. The molecule has 2 rings (SSSR count). The summed E-state index contributed by atoms with van der Waals surface area (Å²) in [6.07, 6.45) is 1.94. The van der Waals surface area contributed by atoms with E-state index in [2.05, 4.69) is 17.2 Å². The molecule has 0 atom stereocenters. The van der Waals surface area contributed by atoms with Gasteiger partial charge in [-0.3, -0.25) is 0 Å². The summed E-state index contributed by atoms with van der Waals surface area (Å²) in [7, 11) is 1.94. The first-order valence-electron chi connectivity index (χ1n) is 5.69. The van der Waals surface area contributed by atoms with Crippen LogP contribution in [0, 0.1) is 6.92 Å². The minimum Gasteiger partial charge on any atom is -0.336 e. The number of thiocarbonyl (C=S) groups is 1. The maximum atomic E-state index is 5.22. The number of aryl methyl sites for hydroxylation is 2. The maximum Gasteiger partial charge on any atom is 0.199 e. The molecule has 0 saturated carbocycles. The summed E-state index contributed by atoms with van der Waals surface area (Å²) in [4.78, 5) is 4.36. The number of hydrogen-bond acceptors (Lipinski definition) is 1. The summed E-state index contributed by atoms with van der Waals surface area (Å²) in [5.74, 6) is 0. The Hall–Kier alpha value is -1.94. The lowest BCUT2D eigenvalue weighted by Crippen LogP contribution is -2.20. The molecule has 2 aromatic rings. The molecule has 1 aromatic carbocycles. The van der Waals surface area contributed by atoms with Gasteiger partial charge in [-0.2, -0.15) is 0 Å². The maximum absolute atomic E-state index is 5.22. The Morgan fingerprint density at radius 2 is 1.89 bits per heavy atom. The van der Waals surface area contributed by atoms with E-state index in [1.54, 1.807) is 0 Å². The predicted octanol–water partition coefficient (Wildman–Crippen LogP) is 2.63. The molecule has 0 aliphatic rings. The van der Waals surface area contributed by atoms with E-state index in [0.717, 1.165) is 11.2 Å². The summed E-state index contributed by atoms with van der Waals surface area (Å²) in [5, 5.41) is 3.56. The molecule has 0 unspecified atom stereocenters. The number of rotatable bonds is 1. The minimum atomic E-state index is 0.459. The third-order valence-electron chi connectivity index (χ3n) is 2.55. The summed E-state index contributed by atoms with van der Waals surface area (Å²) < 4.78 is 1.92. The minimum absolute atomic E-state index is 0.459. The summed E-state index contributed by atoms with van der Waals surface area (Å²) in [6.45, 7) is 2.05. The SMILES string of the molecule is Cc1ccc(NC(=S)N=c2ccccn2C)cc1. The molecule has 1 aromatic heterocycles. The van der Waals surface area contributed by atoms with Gasteiger partial charge in [-0.1, -0.05) is 23.8 Å². The van der Waals surface area contributed by atoms with Crippen molar-refractivity contribution < 1.29 is 0 Å². The van der Waals surface area contributed by atoms with Crippen molar-refractivity contribution in [3.63, 3.8) is 0 Å². The lowest BCUT2D eigenvalue weighted by molar-refractivity contribution is 0.839. The molecule has 0 bridgehead atoms. The van der Waals surface area contributed by atoms with Gasteiger partial charge in [0.2, 0.25) is 0 Å². The average Bonchev–Trinajstić information content (AvgIpc) is 2.35. The van der Waals surface area contributed by atoms with Gasteiger partial charge in [-0.15, -0.1) is 0 Å². The van der Waals surface area contributed by atoms with Crippen molar-refractivity contribution in [1.29, 1.82) is 0 Å². The Morgan fingerprint density at radius 3 is 2.56 bits per heavy atom. The predicted molar refractivity (Wildman–Crippen MR) is 78.4 cm³/mol. The van der Waals surface area contributed by atoms with Crippen molar-refractivity contribution in [3.8, 4) is 0 Å². The van der Waals surface area contributed by atoms with Crippen molar-refractivity contribution in [1.82, 2.24) is 4.57 Å². The van der Waals surface area contributed by atoms with E-state index in [9.17, 15) is 0 Å². The van der Waals surface area contributed by atoms with Crippen molar-refractivity contribution in [2.75, 3.05) is 5.32 Å². The lowest BCUT2D eigenvalue weighted by Gasteiger charge is -2.04. The van der Waals surface area contributed by atoms with Crippen LogP contribution in [0.15, 0.2) is 53.7 Å². The Bertz CT molecular complexity index is 611. The molecule has 0 spiro atoms. The normalized spacial score (nSPS) is 11.3. The van der Waals surface area contributed by atoms with Crippen molar-refractivity contribution in [2.24, 2.45) is 12.0 Å². The van der Waals surface area contributed by atoms with Gasteiger partial charge >= 0.3 is 0 Å². The van der Waals surface area contributed by atoms with Crippen molar-refractivity contribution in [3.05, 3.63) is 59.7 Å². The molecule has 0 fully saturated rings. The van der Waals surface area contributed by atoms with Crippen LogP contribution in [0.4, 0.5) is 5.69 Å². The second kappa shape index (κ2) is 5.60. The molecule has 1 heterocycles. The number of nitrogens with zero attached hydrogens (tertiary/aromatic N) is 2. The van der Waals surface area contributed by atoms with Crippen molar-refractivity contribution in [2.45, 2.75) is 6.92 Å². The Labute approximate surface area is 112 Å². The van der Waals surface area contributed by atoms with E-state index in [0.29, 0.717) is 5.11 Å². The fourth-order valence-electron chi connectivity index (χ4n) is 1.52. The van der Waals surface area contributed by atoms with Gasteiger partial charge in [0.15, 0.2) is 5.11 Å². The number of benzene rings is 1. The fourth-order valence-corrected chi connectivity index (χ4v) is 1.73. The first kappa shape index (κ1) is 12.5. The third-order valence-corrected chi connectivity index (χ3v) is 2.74. The van der Waals surface area contributed by atoms with Gasteiger partial charge in [-0.25, -0.2) is 4.99 Å². The molecule has 92 valence electrons. The molecule has 0 aliphatic heterocycles. The van der Waals surface area contributed by atoms with E-state index in [1.165, 1.54) is 5.56 Å². The van der Waals surface area contributed by atoms with E-state index in [1.807, 2.05) is 60.3 Å². The van der Waals surface area contributed by atoms with Crippen LogP contribution in [-0.2, 0) is 7.05 Å². The number of anilines is 1. The van der Waals surface area contributed by atoms with Gasteiger partial charge in [-0.05, 0) is 43.4 Å². The molecule has 0 saturated heterocycles. The van der Waals surface area contributed by atoms with Gasteiger partial charge in [0.1, 0.15) is 5.49 Å². The highest BCUT2D eigenvalue weighted by atomic mass is 32.1. The summed E-state index contributed by atoms with van der Waals surface area (Å²) in [6, 6.07) is 13.9.